The standard InChI is InChI=1S/C7H11N3O2.ClH/c1-5(8)3-10-4-6(2-9-10)7(11)12;/h2,4-5H,3,8H2,1H3,(H,11,12);1H. The number of aromatic carboxylic acids is 1. The van der Waals surface area contributed by atoms with Gasteiger partial charge in [0, 0.05) is 12.2 Å². The molecule has 1 heterocycles. The van der Waals surface area contributed by atoms with Crippen LogP contribution in [0.5, 0.6) is 0 Å². The SMILES string of the molecule is CC(N)Cn1cc(C(=O)O)cn1.Cl. The molecule has 0 aliphatic rings. The summed E-state index contributed by atoms with van der Waals surface area (Å²) in [6, 6.07) is -0.0217. The summed E-state index contributed by atoms with van der Waals surface area (Å²) in [6.45, 7) is 2.37. The minimum Gasteiger partial charge on any atom is -0.478 e. The van der Waals surface area contributed by atoms with Crippen LogP contribution in [-0.2, 0) is 6.54 Å². The van der Waals surface area contributed by atoms with Gasteiger partial charge in [-0.2, -0.15) is 5.10 Å². The Bertz CT molecular complexity index is 285. The van der Waals surface area contributed by atoms with Gasteiger partial charge in [-0.3, -0.25) is 4.68 Å². The molecule has 0 spiro atoms. The van der Waals surface area contributed by atoms with Gasteiger partial charge in [-0.05, 0) is 6.92 Å². The second-order valence-electron chi connectivity index (χ2n) is 2.73. The number of hydrogen-bond acceptors (Lipinski definition) is 3. The van der Waals surface area contributed by atoms with Crippen molar-refractivity contribution in [3.63, 3.8) is 0 Å². The minimum absolute atomic E-state index is 0. The summed E-state index contributed by atoms with van der Waals surface area (Å²) in [4.78, 5) is 10.4. The zero-order valence-corrected chi connectivity index (χ0v) is 7.99. The molecule has 0 amide bonds. The maximum atomic E-state index is 10.4. The minimum atomic E-state index is -0.967. The van der Waals surface area contributed by atoms with Crippen molar-refractivity contribution in [1.29, 1.82) is 0 Å². The van der Waals surface area contributed by atoms with E-state index in [0.29, 0.717) is 6.54 Å². The normalized spacial score (nSPS) is 11.8. The van der Waals surface area contributed by atoms with Gasteiger partial charge in [0.1, 0.15) is 0 Å². The monoisotopic (exact) mass is 205 g/mol. The molecule has 0 bridgehead atoms. The number of halogens is 1. The highest BCUT2D eigenvalue weighted by molar-refractivity contribution is 5.86. The van der Waals surface area contributed by atoms with E-state index >= 15 is 0 Å². The molecular weight excluding hydrogens is 194 g/mol. The van der Waals surface area contributed by atoms with Crippen molar-refractivity contribution in [1.82, 2.24) is 9.78 Å². The first kappa shape index (κ1) is 11.9. The fourth-order valence-electron chi connectivity index (χ4n) is 0.869. The van der Waals surface area contributed by atoms with Crippen molar-refractivity contribution in [2.45, 2.75) is 19.5 Å². The molecular formula is C7H12ClN3O2. The molecule has 0 aromatic carbocycles. The maximum absolute atomic E-state index is 10.4. The zero-order valence-electron chi connectivity index (χ0n) is 7.17. The molecule has 0 radical (unpaired) electrons. The zero-order chi connectivity index (χ0) is 9.14. The molecule has 1 aromatic heterocycles. The molecule has 1 atom stereocenters. The first-order chi connectivity index (χ1) is 5.59. The smallest absolute Gasteiger partial charge is 0.338 e. The van der Waals surface area contributed by atoms with Gasteiger partial charge in [0.15, 0.2) is 0 Å². The Morgan fingerprint density at radius 3 is 2.85 bits per heavy atom. The molecule has 3 N–H and O–H groups in total. The molecule has 74 valence electrons. The fraction of sp³-hybridized carbons (Fsp3) is 0.429. The number of carboxylic acids is 1. The summed E-state index contributed by atoms with van der Waals surface area (Å²) in [6.07, 6.45) is 2.77. The Morgan fingerprint density at radius 2 is 2.46 bits per heavy atom. The van der Waals surface area contributed by atoms with E-state index in [2.05, 4.69) is 5.10 Å². The average molecular weight is 206 g/mol. The van der Waals surface area contributed by atoms with E-state index in [9.17, 15) is 4.79 Å². The lowest BCUT2D eigenvalue weighted by atomic mass is 10.3. The molecule has 0 aliphatic carbocycles. The first-order valence-corrected chi connectivity index (χ1v) is 3.61. The van der Waals surface area contributed by atoms with Gasteiger partial charge in [0.25, 0.3) is 0 Å². The Balaban J connectivity index is 0.00000144. The number of carbonyl (C=O) groups is 1. The van der Waals surface area contributed by atoms with Gasteiger partial charge in [-0.15, -0.1) is 12.4 Å². The lowest BCUT2D eigenvalue weighted by Crippen LogP contribution is -2.22. The van der Waals surface area contributed by atoms with E-state index in [1.807, 2.05) is 6.92 Å². The van der Waals surface area contributed by atoms with E-state index in [-0.39, 0.29) is 24.0 Å². The van der Waals surface area contributed by atoms with Crippen molar-refractivity contribution in [3.8, 4) is 0 Å². The van der Waals surface area contributed by atoms with Gasteiger partial charge >= 0.3 is 5.97 Å². The van der Waals surface area contributed by atoms with E-state index in [1.54, 1.807) is 0 Å². The Hall–Kier alpha value is -1.07. The Morgan fingerprint density at radius 1 is 1.85 bits per heavy atom. The number of nitrogens with zero attached hydrogens (tertiary/aromatic N) is 2. The van der Waals surface area contributed by atoms with E-state index in [1.165, 1.54) is 17.1 Å². The van der Waals surface area contributed by atoms with Gasteiger partial charge in [0.05, 0.1) is 18.3 Å². The fourth-order valence-corrected chi connectivity index (χ4v) is 0.869. The Labute approximate surface area is 81.9 Å². The van der Waals surface area contributed by atoms with Crippen LogP contribution in [-0.4, -0.2) is 26.9 Å². The van der Waals surface area contributed by atoms with Crippen molar-refractivity contribution >= 4 is 18.4 Å². The van der Waals surface area contributed by atoms with E-state index in [4.69, 9.17) is 10.8 Å². The van der Waals surface area contributed by atoms with Crippen LogP contribution >= 0.6 is 12.4 Å². The van der Waals surface area contributed by atoms with Crippen LogP contribution in [0.4, 0.5) is 0 Å². The van der Waals surface area contributed by atoms with Gasteiger partial charge in [0.2, 0.25) is 0 Å². The van der Waals surface area contributed by atoms with Crippen molar-refractivity contribution in [3.05, 3.63) is 18.0 Å². The van der Waals surface area contributed by atoms with Crippen LogP contribution < -0.4 is 5.73 Å². The highest BCUT2D eigenvalue weighted by Gasteiger charge is 2.06. The molecule has 5 nitrogen and oxygen atoms in total. The summed E-state index contributed by atoms with van der Waals surface area (Å²) in [7, 11) is 0. The summed E-state index contributed by atoms with van der Waals surface area (Å²) >= 11 is 0. The number of nitrogens with two attached hydrogens (primary N) is 1. The lowest BCUT2D eigenvalue weighted by Gasteiger charge is -2.03. The predicted octanol–water partition coefficient (Wildman–Crippen LogP) is 0.350. The molecule has 1 aromatic rings. The second-order valence-corrected chi connectivity index (χ2v) is 2.73. The number of rotatable bonds is 3. The van der Waals surface area contributed by atoms with E-state index in [0.717, 1.165) is 0 Å². The van der Waals surface area contributed by atoms with E-state index < -0.39 is 5.97 Å². The van der Waals surface area contributed by atoms with Crippen LogP contribution in [0.3, 0.4) is 0 Å². The topological polar surface area (TPSA) is 81.1 Å². The first-order valence-electron chi connectivity index (χ1n) is 3.61. The Kier molecular flexibility index (Phi) is 4.44. The molecule has 13 heavy (non-hydrogen) atoms. The van der Waals surface area contributed by atoms with Crippen molar-refractivity contribution in [2.24, 2.45) is 5.73 Å². The highest BCUT2D eigenvalue weighted by Crippen LogP contribution is 1.97. The molecule has 1 rings (SSSR count). The highest BCUT2D eigenvalue weighted by atomic mass is 35.5. The molecule has 6 heteroatoms. The number of aromatic nitrogens is 2. The third-order valence-corrected chi connectivity index (χ3v) is 1.36. The molecule has 0 fully saturated rings. The summed E-state index contributed by atoms with van der Waals surface area (Å²) in [5, 5.41) is 12.4. The summed E-state index contributed by atoms with van der Waals surface area (Å²) in [5.41, 5.74) is 5.69. The number of hydrogen-bond donors (Lipinski definition) is 2. The summed E-state index contributed by atoms with van der Waals surface area (Å²) in [5.74, 6) is -0.967. The van der Waals surface area contributed by atoms with Crippen molar-refractivity contribution < 1.29 is 9.90 Å². The van der Waals surface area contributed by atoms with Crippen LogP contribution in [0, 0.1) is 0 Å². The number of carboxylic acid groups (broad SMARTS) is 1. The quantitative estimate of drug-likeness (QED) is 0.746. The van der Waals surface area contributed by atoms with Crippen LogP contribution in [0.25, 0.3) is 0 Å². The maximum Gasteiger partial charge on any atom is 0.338 e. The van der Waals surface area contributed by atoms with Crippen LogP contribution in [0.1, 0.15) is 17.3 Å². The third-order valence-electron chi connectivity index (χ3n) is 1.36. The molecule has 0 aliphatic heterocycles. The molecule has 0 saturated heterocycles. The predicted molar refractivity (Wildman–Crippen MR) is 50.1 cm³/mol. The van der Waals surface area contributed by atoms with Gasteiger partial charge in [-0.25, -0.2) is 4.79 Å². The third kappa shape index (κ3) is 3.43. The van der Waals surface area contributed by atoms with Gasteiger partial charge < -0.3 is 10.8 Å². The van der Waals surface area contributed by atoms with Crippen LogP contribution in [0.15, 0.2) is 12.4 Å². The lowest BCUT2D eigenvalue weighted by molar-refractivity contribution is 0.0696. The van der Waals surface area contributed by atoms with Crippen molar-refractivity contribution in [2.75, 3.05) is 0 Å². The largest absolute Gasteiger partial charge is 0.478 e. The molecule has 0 saturated carbocycles. The van der Waals surface area contributed by atoms with Gasteiger partial charge in [-0.1, -0.05) is 0 Å². The summed E-state index contributed by atoms with van der Waals surface area (Å²) < 4.78 is 1.52. The van der Waals surface area contributed by atoms with Crippen LogP contribution in [0.2, 0.25) is 0 Å². The molecule has 1 unspecified atom stereocenters. The average Bonchev–Trinajstić information content (AvgIpc) is 2.34. The second kappa shape index (κ2) is 4.84.